The van der Waals surface area contributed by atoms with Crippen molar-refractivity contribution < 1.29 is 0 Å². The summed E-state index contributed by atoms with van der Waals surface area (Å²) in [7, 11) is 3.01. The largest absolute Gasteiger partial charge is 0.332 e. The van der Waals surface area contributed by atoms with E-state index >= 15 is 0 Å². The summed E-state index contributed by atoms with van der Waals surface area (Å²) < 4.78 is 4.07. The second-order valence-electron chi connectivity index (χ2n) is 6.65. The maximum Gasteiger partial charge on any atom is 0.332 e. The highest BCUT2D eigenvalue weighted by Crippen LogP contribution is 2.19. The summed E-state index contributed by atoms with van der Waals surface area (Å²) in [6.07, 6.45) is 3.20. The minimum Gasteiger partial charge on any atom is -0.298 e. The molecule has 0 amide bonds. The number of aryl methyl sites for hydroxylation is 1. The fourth-order valence-corrected chi connectivity index (χ4v) is 3.33. The second kappa shape index (κ2) is 7.96. The van der Waals surface area contributed by atoms with Gasteiger partial charge in [-0.3, -0.25) is 23.5 Å². The van der Waals surface area contributed by atoms with E-state index in [0.29, 0.717) is 23.2 Å². The first-order valence-electron chi connectivity index (χ1n) is 9.06. The summed E-state index contributed by atoms with van der Waals surface area (Å²) in [6.45, 7) is 0.311. The molecule has 0 spiro atoms. The van der Waals surface area contributed by atoms with Crippen LogP contribution in [0.15, 0.2) is 63.4 Å². The average Bonchev–Trinajstić information content (AvgIpc) is 3.10. The standard InChI is InChI=1S/C20H18ClN7O2/c1-26-17-16(18(29)27(2)20(26)30)28(12-13-6-5-7-14(21)10-13)19(24-17)25-23-11-15-8-3-4-9-22-15/h3-11H,12H2,1-2H3,(H,24,25). The average molecular weight is 424 g/mol. The molecule has 1 aromatic carbocycles. The SMILES string of the molecule is Cn1c(=O)c2c(nc(NN=Cc3ccccn3)n2Cc2cccc(Cl)c2)n(C)c1=O. The zero-order valence-corrected chi connectivity index (χ0v) is 17.0. The van der Waals surface area contributed by atoms with E-state index in [1.165, 1.54) is 11.6 Å². The van der Waals surface area contributed by atoms with Crippen LogP contribution < -0.4 is 16.7 Å². The quantitative estimate of drug-likeness (QED) is 0.391. The van der Waals surface area contributed by atoms with Gasteiger partial charge in [-0.15, -0.1) is 0 Å². The van der Waals surface area contributed by atoms with Gasteiger partial charge in [-0.2, -0.15) is 10.1 Å². The number of hydrogen-bond donors (Lipinski definition) is 1. The Labute approximate surface area is 175 Å². The van der Waals surface area contributed by atoms with E-state index in [9.17, 15) is 9.59 Å². The highest BCUT2D eigenvalue weighted by atomic mass is 35.5. The summed E-state index contributed by atoms with van der Waals surface area (Å²) in [6, 6.07) is 12.8. The van der Waals surface area contributed by atoms with Crippen LogP contribution in [0.2, 0.25) is 5.02 Å². The van der Waals surface area contributed by atoms with E-state index in [1.807, 2.05) is 24.3 Å². The number of rotatable bonds is 5. The van der Waals surface area contributed by atoms with Gasteiger partial charge in [0.05, 0.1) is 18.5 Å². The molecular weight excluding hydrogens is 406 g/mol. The summed E-state index contributed by atoms with van der Waals surface area (Å²) in [5.41, 5.74) is 4.05. The number of hydrogen-bond acceptors (Lipinski definition) is 6. The molecule has 3 aromatic heterocycles. The van der Waals surface area contributed by atoms with Gasteiger partial charge < -0.3 is 0 Å². The number of aromatic nitrogens is 5. The van der Waals surface area contributed by atoms with Crippen LogP contribution in [-0.2, 0) is 20.6 Å². The lowest BCUT2D eigenvalue weighted by Gasteiger charge is -2.09. The van der Waals surface area contributed by atoms with E-state index < -0.39 is 11.2 Å². The molecule has 0 aliphatic heterocycles. The molecule has 0 radical (unpaired) electrons. The maximum atomic E-state index is 12.9. The summed E-state index contributed by atoms with van der Waals surface area (Å²) in [4.78, 5) is 33.8. The molecule has 0 bridgehead atoms. The lowest BCUT2D eigenvalue weighted by Crippen LogP contribution is -2.37. The van der Waals surface area contributed by atoms with Crippen LogP contribution in [0.25, 0.3) is 11.2 Å². The third kappa shape index (κ3) is 3.62. The predicted molar refractivity (Wildman–Crippen MR) is 116 cm³/mol. The molecule has 4 aromatic rings. The molecule has 0 aliphatic carbocycles. The first kappa shape index (κ1) is 19.6. The summed E-state index contributed by atoms with van der Waals surface area (Å²) in [5.74, 6) is 0.315. The molecule has 0 atom stereocenters. The summed E-state index contributed by atoms with van der Waals surface area (Å²) in [5, 5.41) is 4.77. The molecule has 0 saturated carbocycles. The normalized spacial score (nSPS) is 11.4. The van der Waals surface area contributed by atoms with Crippen LogP contribution in [0.1, 0.15) is 11.3 Å². The van der Waals surface area contributed by atoms with Gasteiger partial charge in [0.2, 0.25) is 5.95 Å². The van der Waals surface area contributed by atoms with Gasteiger partial charge in [0, 0.05) is 25.3 Å². The molecule has 30 heavy (non-hydrogen) atoms. The minimum atomic E-state index is -0.455. The Morgan fingerprint density at radius 1 is 1.13 bits per heavy atom. The van der Waals surface area contributed by atoms with Crippen LogP contribution in [0.4, 0.5) is 5.95 Å². The first-order valence-corrected chi connectivity index (χ1v) is 9.44. The monoisotopic (exact) mass is 423 g/mol. The minimum absolute atomic E-state index is 0.265. The molecule has 152 valence electrons. The Morgan fingerprint density at radius 2 is 1.97 bits per heavy atom. The van der Waals surface area contributed by atoms with Crippen LogP contribution in [0, 0.1) is 0 Å². The molecule has 10 heteroatoms. The lowest BCUT2D eigenvalue weighted by molar-refractivity contribution is 0.702. The zero-order valence-electron chi connectivity index (χ0n) is 16.3. The number of nitrogens with one attached hydrogen (secondary N) is 1. The van der Waals surface area contributed by atoms with E-state index in [-0.39, 0.29) is 11.2 Å². The molecule has 0 aliphatic rings. The van der Waals surface area contributed by atoms with Crippen molar-refractivity contribution in [2.24, 2.45) is 19.2 Å². The van der Waals surface area contributed by atoms with E-state index in [2.05, 4.69) is 20.5 Å². The lowest BCUT2D eigenvalue weighted by atomic mass is 10.2. The van der Waals surface area contributed by atoms with E-state index in [4.69, 9.17) is 11.6 Å². The van der Waals surface area contributed by atoms with Gasteiger partial charge in [0.15, 0.2) is 11.2 Å². The fourth-order valence-electron chi connectivity index (χ4n) is 3.11. The number of halogens is 1. The van der Waals surface area contributed by atoms with Crippen LogP contribution in [0.3, 0.4) is 0 Å². The van der Waals surface area contributed by atoms with Gasteiger partial charge >= 0.3 is 5.69 Å². The number of hydrazone groups is 1. The molecule has 0 saturated heterocycles. The highest BCUT2D eigenvalue weighted by molar-refractivity contribution is 6.30. The number of anilines is 1. The number of fused-ring (bicyclic) bond motifs is 1. The Hall–Kier alpha value is -3.72. The highest BCUT2D eigenvalue weighted by Gasteiger charge is 2.19. The molecule has 3 heterocycles. The predicted octanol–water partition coefficient (Wildman–Crippen LogP) is 1.98. The zero-order chi connectivity index (χ0) is 21.3. The van der Waals surface area contributed by atoms with E-state index in [0.717, 1.165) is 10.1 Å². The Balaban J connectivity index is 1.84. The van der Waals surface area contributed by atoms with Gasteiger partial charge in [-0.1, -0.05) is 29.8 Å². The Morgan fingerprint density at radius 3 is 2.70 bits per heavy atom. The van der Waals surface area contributed by atoms with Crippen LogP contribution in [-0.4, -0.2) is 29.9 Å². The topological polar surface area (TPSA) is 99.1 Å². The third-order valence-corrected chi connectivity index (χ3v) is 4.86. The van der Waals surface area contributed by atoms with Crippen molar-refractivity contribution in [2.45, 2.75) is 6.54 Å². The van der Waals surface area contributed by atoms with E-state index in [1.54, 1.807) is 42.2 Å². The van der Waals surface area contributed by atoms with Crippen LogP contribution in [0.5, 0.6) is 0 Å². The van der Waals surface area contributed by atoms with Crippen LogP contribution >= 0.6 is 11.6 Å². The first-order chi connectivity index (χ1) is 14.5. The number of nitrogens with zero attached hydrogens (tertiary/aromatic N) is 6. The van der Waals surface area contributed by atoms with Crippen molar-refractivity contribution in [3.8, 4) is 0 Å². The smallest absolute Gasteiger partial charge is 0.298 e. The van der Waals surface area contributed by atoms with Crippen molar-refractivity contribution in [3.63, 3.8) is 0 Å². The molecule has 0 unspecified atom stereocenters. The van der Waals surface area contributed by atoms with Gasteiger partial charge in [0.1, 0.15) is 0 Å². The Bertz CT molecular complexity index is 1370. The fraction of sp³-hybridized carbons (Fsp3) is 0.150. The number of pyridine rings is 1. The van der Waals surface area contributed by atoms with Gasteiger partial charge in [-0.25, -0.2) is 10.2 Å². The molecule has 1 N–H and O–H groups in total. The molecular formula is C20H18ClN7O2. The van der Waals surface area contributed by atoms with Crippen molar-refractivity contribution in [1.82, 2.24) is 23.7 Å². The maximum absolute atomic E-state index is 12.9. The van der Waals surface area contributed by atoms with Gasteiger partial charge in [0.25, 0.3) is 5.56 Å². The van der Waals surface area contributed by atoms with Gasteiger partial charge in [-0.05, 0) is 29.8 Å². The Kier molecular flexibility index (Phi) is 5.20. The summed E-state index contributed by atoms with van der Waals surface area (Å²) >= 11 is 6.11. The van der Waals surface area contributed by atoms with Crippen molar-refractivity contribution in [3.05, 3.63) is 85.8 Å². The van der Waals surface area contributed by atoms with Crippen molar-refractivity contribution >= 4 is 34.9 Å². The number of imidazole rings is 1. The third-order valence-electron chi connectivity index (χ3n) is 4.63. The molecule has 0 fully saturated rings. The molecule has 4 rings (SSSR count). The van der Waals surface area contributed by atoms with Crippen molar-refractivity contribution in [1.29, 1.82) is 0 Å². The number of benzene rings is 1. The molecule has 9 nitrogen and oxygen atoms in total. The van der Waals surface area contributed by atoms with Crippen molar-refractivity contribution in [2.75, 3.05) is 5.43 Å². The second-order valence-corrected chi connectivity index (χ2v) is 7.09.